The number of hydrogen-bond donors (Lipinski definition) is 2. The molecule has 2 N–H and O–H groups in total. The number of aromatic nitrogens is 5. The van der Waals surface area contributed by atoms with E-state index < -0.39 is 52.4 Å². The van der Waals surface area contributed by atoms with Gasteiger partial charge in [0.15, 0.2) is 23.1 Å². The zero-order valence-electron chi connectivity index (χ0n) is 27.0. The monoisotopic (exact) mass is 696 g/mol. The summed E-state index contributed by atoms with van der Waals surface area (Å²) in [6.45, 7) is 4.77. The predicted molar refractivity (Wildman–Crippen MR) is 172 cm³/mol. The van der Waals surface area contributed by atoms with E-state index in [-0.39, 0.29) is 61.2 Å². The fraction of sp³-hybridized carbons (Fsp3) is 0.394. The van der Waals surface area contributed by atoms with E-state index in [0.717, 1.165) is 30.0 Å². The quantitative estimate of drug-likeness (QED) is 0.297. The Morgan fingerprint density at radius 2 is 1.88 bits per heavy atom. The Morgan fingerprint density at radius 1 is 1.12 bits per heavy atom. The summed E-state index contributed by atoms with van der Waals surface area (Å²) in [5, 5.41) is 17.4. The van der Waals surface area contributed by atoms with Gasteiger partial charge in [-0.05, 0) is 55.2 Å². The van der Waals surface area contributed by atoms with Gasteiger partial charge in [-0.25, -0.2) is 9.37 Å². The summed E-state index contributed by atoms with van der Waals surface area (Å²) < 4.78 is 62.1. The maximum Gasteiger partial charge on any atom is 0.416 e. The van der Waals surface area contributed by atoms with Crippen LogP contribution < -0.4 is 15.8 Å². The van der Waals surface area contributed by atoms with E-state index in [9.17, 15) is 37.1 Å². The number of halogens is 4. The molecule has 0 bridgehead atoms. The fourth-order valence-corrected chi connectivity index (χ4v) is 6.81. The molecule has 0 saturated carbocycles. The number of alkyl halides is 3. The van der Waals surface area contributed by atoms with Crippen LogP contribution in [0.3, 0.4) is 0 Å². The number of aryl methyl sites for hydroxylation is 1. The maximum absolute atomic E-state index is 14.3. The summed E-state index contributed by atoms with van der Waals surface area (Å²) in [6, 6.07) is 3.14. The van der Waals surface area contributed by atoms with Crippen LogP contribution in [0.1, 0.15) is 64.9 Å². The summed E-state index contributed by atoms with van der Waals surface area (Å²) in [5.74, 6) is -2.84. The van der Waals surface area contributed by atoms with Crippen LogP contribution in [-0.2, 0) is 15.7 Å². The standard InChI is InChI=1S/C33H32F4N8O5/c1-17-15-20(33(35,36)37)3-4-22(17)39-29(47)23-16-18(2)25-26(31(49)45-32(44(23)25)40-28(41-45)19-6-13-50-14-7-19)42-9-11-43(12-10-42)30(48)24-27(46)21(34)5-8-38-24/h3-6,8,15,18,23,46H,7,9-14,16H2,1-2H3,(H,39,47). The highest BCUT2D eigenvalue weighted by molar-refractivity contribution is 5.96. The summed E-state index contributed by atoms with van der Waals surface area (Å²) in [6.07, 6.45) is -0.837. The predicted octanol–water partition coefficient (Wildman–Crippen LogP) is 3.91. The van der Waals surface area contributed by atoms with Gasteiger partial charge in [0.2, 0.25) is 11.7 Å². The van der Waals surface area contributed by atoms with Crippen molar-refractivity contribution in [1.29, 1.82) is 0 Å². The van der Waals surface area contributed by atoms with Crippen molar-refractivity contribution in [3.8, 4) is 5.75 Å². The minimum Gasteiger partial charge on any atom is -0.503 e. The van der Waals surface area contributed by atoms with Crippen molar-refractivity contribution >= 4 is 34.5 Å². The van der Waals surface area contributed by atoms with Gasteiger partial charge >= 0.3 is 6.18 Å². The molecular weight excluding hydrogens is 664 g/mol. The number of fused-ring (bicyclic) bond motifs is 3. The Balaban J connectivity index is 1.26. The lowest BCUT2D eigenvalue weighted by molar-refractivity contribution is -0.137. The topological polar surface area (TPSA) is 147 Å². The van der Waals surface area contributed by atoms with Gasteiger partial charge in [0.05, 0.1) is 24.5 Å². The van der Waals surface area contributed by atoms with E-state index >= 15 is 0 Å². The molecule has 1 aromatic carbocycles. The number of nitrogens with one attached hydrogen (secondary N) is 1. The van der Waals surface area contributed by atoms with Crippen LogP contribution in [0.25, 0.3) is 11.4 Å². The molecule has 50 heavy (non-hydrogen) atoms. The number of anilines is 2. The van der Waals surface area contributed by atoms with Crippen LogP contribution in [0.15, 0.2) is 41.3 Å². The molecule has 6 heterocycles. The SMILES string of the molecule is Cc1cc(C(F)(F)F)ccc1NC(=O)C1CC(C)c2c(N3CCN(C(=O)c4nccc(F)c4O)CC3)c(=O)n3nc(C4=CCOCC4)nc3n21. The smallest absolute Gasteiger partial charge is 0.416 e. The normalized spacial score (nSPS) is 19.4. The Morgan fingerprint density at radius 3 is 2.56 bits per heavy atom. The average Bonchev–Trinajstić information content (AvgIpc) is 3.69. The molecule has 7 rings (SSSR count). The number of rotatable bonds is 5. The number of hydrogen-bond acceptors (Lipinski definition) is 9. The summed E-state index contributed by atoms with van der Waals surface area (Å²) in [5.41, 5.74) is 0.339. The molecule has 2 unspecified atom stereocenters. The molecule has 3 aliphatic rings. The molecule has 4 aromatic rings. The van der Waals surface area contributed by atoms with Crippen LogP contribution in [0.2, 0.25) is 0 Å². The number of nitrogens with zero attached hydrogens (tertiary/aromatic N) is 7. The number of carbonyl (C=O) groups is 2. The van der Waals surface area contributed by atoms with E-state index in [1.165, 1.54) is 22.4 Å². The summed E-state index contributed by atoms with van der Waals surface area (Å²) in [7, 11) is 0. The van der Waals surface area contributed by atoms with Crippen molar-refractivity contribution in [2.24, 2.45) is 0 Å². The number of pyridine rings is 1. The van der Waals surface area contributed by atoms with Crippen LogP contribution in [0.4, 0.5) is 28.9 Å². The summed E-state index contributed by atoms with van der Waals surface area (Å²) in [4.78, 5) is 53.1. The van der Waals surface area contributed by atoms with E-state index in [1.54, 1.807) is 4.57 Å². The number of aromatic hydroxyl groups is 1. The maximum atomic E-state index is 14.3. The number of carbonyl (C=O) groups excluding carboxylic acids is 2. The highest BCUT2D eigenvalue weighted by atomic mass is 19.4. The van der Waals surface area contributed by atoms with Crippen LogP contribution in [0, 0.1) is 12.7 Å². The number of piperazine rings is 1. The van der Waals surface area contributed by atoms with Gasteiger partial charge in [-0.15, -0.1) is 5.10 Å². The molecule has 262 valence electrons. The van der Waals surface area contributed by atoms with Crippen molar-refractivity contribution in [2.75, 3.05) is 49.6 Å². The highest BCUT2D eigenvalue weighted by Gasteiger charge is 2.41. The van der Waals surface area contributed by atoms with Gasteiger partial charge in [-0.3, -0.25) is 19.0 Å². The molecule has 0 radical (unpaired) electrons. The lowest BCUT2D eigenvalue weighted by Gasteiger charge is -2.36. The lowest BCUT2D eigenvalue weighted by Crippen LogP contribution is -2.51. The first-order valence-electron chi connectivity index (χ1n) is 16.0. The van der Waals surface area contributed by atoms with Crippen LogP contribution in [-0.4, -0.2) is 85.4 Å². The molecule has 2 atom stereocenters. The highest BCUT2D eigenvalue weighted by Crippen LogP contribution is 2.42. The molecular formula is C33H32F4N8O5. The first-order valence-corrected chi connectivity index (χ1v) is 16.0. The average molecular weight is 697 g/mol. The van der Waals surface area contributed by atoms with E-state index in [4.69, 9.17) is 9.72 Å². The Kier molecular flexibility index (Phi) is 8.32. The van der Waals surface area contributed by atoms with Gasteiger partial charge in [0.25, 0.3) is 11.5 Å². The minimum atomic E-state index is -4.54. The number of benzene rings is 1. The molecule has 1 fully saturated rings. The van der Waals surface area contributed by atoms with Gasteiger partial charge in [-0.2, -0.15) is 22.7 Å². The van der Waals surface area contributed by atoms with E-state index in [2.05, 4.69) is 15.4 Å². The van der Waals surface area contributed by atoms with Crippen LogP contribution >= 0.6 is 0 Å². The second-order valence-corrected chi connectivity index (χ2v) is 12.5. The van der Waals surface area contributed by atoms with Crippen molar-refractivity contribution < 1.29 is 37.0 Å². The minimum absolute atomic E-state index is 0.119. The van der Waals surface area contributed by atoms with Gasteiger partial charge in [0, 0.05) is 44.0 Å². The molecule has 0 spiro atoms. The third kappa shape index (κ3) is 5.74. The summed E-state index contributed by atoms with van der Waals surface area (Å²) >= 11 is 0. The molecule has 1 saturated heterocycles. The lowest BCUT2D eigenvalue weighted by atomic mass is 10.0. The van der Waals surface area contributed by atoms with Crippen LogP contribution in [0.5, 0.6) is 5.75 Å². The molecule has 3 aromatic heterocycles. The van der Waals surface area contributed by atoms with Crippen molar-refractivity contribution in [3.05, 3.63) is 81.0 Å². The van der Waals surface area contributed by atoms with Gasteiger partial charge in [0.1, 0.15) is 11.7 Å². The molecule has 2 amide bonds. The molecule has 13 nitrogen and oxygen atoms in total. The third-order valence-corrected chi connectivity index (χ3v) is 9.38. The zero-order chi connectivity index (χ0) is 35.5. The van der Waals surface area contributed by atoms with Gasteiger partial charge in [-0.1, -0.05) is 13.0 Å². The van der Waals surface area contributed by atoms with Crippen molar-refractivity contribution in [1.82, 2.24) is 29.0 Å². The second-order valence-electron chi connectivity index (χ2n) is 12.5. The van der Waals surface area contributed by atoms with Crippen molar-refractivity contribution in [3.63, 3.8) is 0 Å². The molecule has 3 aliphatic heterocycles. The third-order valence-electron chi connectivity index (χ3n) is 9.38. The number of ether oxygens (including phenoxy) is 1. The molecule has 17 heteroatoms. The Bertz CT molecular complexity index is 2120. The first-order chi connectivity index (χ1) is 23.8. The number of amides is 2. The largest absolute Gasteiger partial charge is 0.503 e. The van der Waals surface area contributed by atoms with E-state index in [1.807, 2.05) is 17.9 Å². The Labute approximate surface area is 281 Å². The van der Waals surface area contributed by atoms with Crippen molar-refractivity contribution in [2.45, 2.75) is 44.8 Å². The zero-order valence-corrected chi connectivity index (χ0v) is 27.0. The fourth-order valence-electron chi connectivity index (χ4n) is 6.81. The first kappa shape index (κ1) is 33.2. The van der Waals surface area contributed by atoms with Gasteiger partial charge < -0.3 is 25.0 Å². The Hall–Kier alpha value is -5.32. The molecule has 0 aliphatic carbocycles. The van der Waals surface area contributed by atoms with E-state index in [0.29, 0.717) is 31.2 Å². The second kappa shape index (κ2) is 12.5.